The Balaban J connectivity index is 1.53. The quantitative estimate of drug-likeness (QED) is 0.388. The Bertz CT molecular complexity index is 986. The molecule has 4 rings (SSSR count). The topological polar surface area (TPSA) is 89.5 Å². The van der Waals surface area contributed by atoms with Crippen LogP contribution in [0.5, 0.6) is 0 Å². The Morgan fingerprint density at radius 2 is 1.96 bits per heavy atom. The number of hydrogen-bond acceptors (Lipinski definition) is 6. The Morgan fingerprint density at radius 3 is 2.63 bits per heavy atom. The third kappa shape index (κ3) is 3.28. The van der Waals surface area contributed by atoms with Gasteiger partial charge in [0.1, 0.15) is 11.2 Å². The molecule has 27 heavy (non-hydrogen) atoms. The number of nitrogens with zero attached hydrogens (tertiary/aromatic N) is 3. The summed E-state index contributed by atoms with van der Waals surface area (Å²) < 4.78 is 5.88. The van der Waals surface area contributed by atoms with Crippen molar-refractivity contribution < 1.29 is 14.1 Å². The smallest absolute Gasteiger partial charge is 0.293 e. The maximum atomic E-state index is 11.5. The Hall–Kier alpha value is -3.22. The van der Waals surface area contributed by atoms with Gasteiger partial charge in [-0.05, 0) is 44.0 Å². The van der Waals surface area contributed by atoms with Crippen LogP contribution in [0.25, 0.3) is 11.1 Å². The summed E-state index contributed by atoms with van der Waals surface area (Å²) >= 11 is 0. The summed E-state index contributed by atoms with van der Waals surface area (Å²) in [6, 6.07) is 12.4. The molecule has 0 amide bonds. The lowest BCUT2D eigenvalue weighted by Crippen LogP contribution is -2.33. The van der Waals surface area contributed by atoms with Crippen LogP contribution in [0.4, 0.5) is 11.4 Å². The maximum Gasteiger partial charge on any atom is 0.293 e. The number of Topliss-reactive ketones (excluding diaryl/α,β-unsaturated/α-hetero) is 1. The molecule has 1 saturated heterocycles. The van der Waals surface area contributed by atoms with Crippen molar-refractivity contribution in [3.63, 3.8) is 0 Å². The first kappa shape index (κ1) is 17.2. The van der Waals surface area contributed by atoms with Crippen LogP contribution >= 0.6 is 0 Å². The highest BCUT2D eigenvalue weighted by Crippen LogP contribution is 2.35. The number of carbonyl (C=O) groups is 1. The molecule has 138 valence electrons. The number of para-hydroxylation sites is 2. The number of carbonyl (C=O) groups excluding carboxylic acids is 1. The van der Waals surface area contributed by atoms with Crippen LogP contribution in [-0.4, -0.2) is 28.8 Å². The van der Waals surface area contributed by atoms with Gasteiger partial charge in [0.05, 0.1) is 4.92 Å². The van der Waals surface area contributed by atoms with Gasteiger partial charge in [0, 0.05) is 30.6 Å². The van der Waals surface area contributed by atoms with E-state index < -0.39 is 4.92 Å². The van der Waals surface area contributed by atoms with Crippen LogP contribution < -0.4 is 4.90 Å². The number of nitro groups is 1. The predicted octanol–water partition coefficient (Wildman–Crippen LogP) is 4.32. The number of ketones is 1. The second-order valence-corrected chi connectivity index (χ2v) is 6.80. The SMILES string of the molecule is CC(=O)c1ccc(N2CCC(c3nc4ccccc4o3)CC2)c([N+](=O)[O-])c1. The molecule has 3 aromatic rings. The van der Waals surface area contributed by atoms with E-state index in [2.05, 4.69) is 4.98 Å². The number of piperidine rings is 1. The molecule has 0 atom stereocenters. The molecule has 0 bridgehead atoms. The zero-order valence-electron chi connectivity index (χ0n) is 14.9. The molecule has 1 aliphatic rings. The highest BCUT2D eigenvalue weighted by molar-refractivity contribution is 5.95. The van der Waals surface area contributed by atoms with E-state index >= 15 is 0 Å². The van der Waals surface area contributed by atoms with Crippen molar-refractivity contribution in [3.8, 4) is 0 Å². The van der Waals surface area contributed by atoms with Crippen molar-refractivity contribution >= 4 is 28.3 Å². The minimum atomic E-state index is -0.422. The fourth-order valence-corrected chi connectivity index (χ4v) is 3.59. The number of benzene rings is 2. The molecule has 2 aromatic carbocycles. The number of hydrogen-bond donors (Lipinski definition) is 0. The molecule has 1 fully saturated rings. The monoisotopic (exact) mass is 365 g/mol. The molecule has 0 saturated carbocycles. The molecular formula is C20H19N3O4. The van der Waals surface area contributed by atoms with Gasteiger partial charge < -0.3 is 9.32 Å². The minimum Gasteiger partial charge on any atom is -0.440 e. The van der Waals surface area contributed by atoms with Gasteiger partial charge in [0.2, 0.25) is 0 Å². The van der Waals surface area contributed by atoms with Gasteiger partial charge in [-0.2, -0.15) is 0 Å². The summed E-state index contributed by atoms with van der Waals surface area (Å²) in [4.78, 5) is 29.2. The molecule has 0 radical (unpaired) electrons. The van der Waals surface area contributed by atoms with E-state index in [9.17, 15) is 14.9 Å². The van der Waals surface area contributed by atoms with E-state index in [1.165, 1.54) is 13.0 Å². The second-order valence-electron chi connectivity index (χ2n) is 6.80. The maximum absolute atomic E-state index is 11.5. The molecule has 0 spiro atoms. The number of rotatable bonds is 4. The fourth-order valence-electron chi connectivity index (χ4n) is 3.59. The van der Waals surface area contributed by atoms with Crippen molar-refractivity contribution in [2.45, 2.75) is 25.7 Å². The lowest BCUT2D eigenvalue weighted by molar-refractivity contribution is -0.384. The lowest BCUT2D eigenvalue weighted by Gasteiger charge is -2.32. The largest absolute Gasteiger partial charge is 0.440 e. The van der Waals surface area contributed by atoms with E-state index in [1.54, 1.807) is 12.1 Å². The molecule has 1 aliphatic heterocycles. The third-order valence-corrected chi connectivity index (χ3v) is 5.07. The molecule has 0 unspecified atom stereocenters. The van der Waals surface area contributed by atoms with Crippen molar-refractivity contribution in [2.75, 3.05) is 18.0 Å². The Kier molecular flexibility index (Phi) is 4.35. The average molecular weight is 365 g/mol. The van der Waals surface area contributed by atoms with E-state index in [0.29, 0.717) is 24.3 Å². The van der Waals surface area contributed by atoms with Crippen LogP contribution in [0.3, 0.4) is 0 Å². The van der Waals surface area contributed by atoms with Gasteiger partial charge >= 0.3 is 0 Å². The zero-order valence-corrected chi connectivity index (χ0v) is 14.9. The van der Waals surface area contributed by atoms with Crippen molar-refractivity contribution in [2.24, 2.45) is 0 Å². The van der Waals surface area contributed by atoms with Crippen LogP contribution in [0.1, 0.15) is 41.9 Å². The van der Waals surface area contributed by atoms with E-state index in [1.807, 2.05) is 29.2 Å². The minimum absolute atomic E-state index is 0.0250. The first-order chi connectivity index (χ1) is 13.0. The van der Waals surface area contributed by atoms with Gasteiger partial charge in [-0.1, -0.05) is 12.1 Å². The first-order valence-electron chi connectivity index (χ1n) is 8.92. The van der Waals surface area contributed by atoms with Crippen LogP contribution in [-0.2, 0) is 0 Å². The summed E-state index contributed by atoms with van der Waals surface area (Å²) in [6.45, 7) is 2.75. The van der Waals surface area contributed by atoms with Crippen LogP contribution in [0.2, 0.25) is 0 Å². The fraction of sp³-hybridized carbons (Fsp3) is 0.300. The van der Waals surface area contributed by atoms with E-state index in [-0.39, 0.29) is 17.4 Å². The number of oxazole rings is 1. The standard InChI is InChI=1S/C20H19N3O4/c1-13(24)15-6-7-17(18(12-15)23(25)26)22-10-8-14(9-11-22)20-21-16-4-2-3-5-19(16)27-20/h2-7,12,14H,8-11H2,1H3. The van der Waals surface area contributed by atoms with Crippen molar-refractivity contribution in [3.05, 3.63) is 64.0 Å². The molecule has 7 heteroatoms. The lowest BCUT2D eigenvalue weighted by atomic mass is 9.96. The summed E-state index contributed by atoms with van der Waals surface area (Å²) in [5.41, 5.74) is 2.52. The molecule has 1 aromatic heterocycles. The summed E-state index contributed by atoms with van der Waals surface area (Å²) in [7, 11) is 0. The molecule has 0 N–H and O–H groups in total. The number of anilines is 1. The highest BCUT2D eigenvalue weighted by atomic mass is 16.6. The Labute approximate surface area is 155 Å². The van der Waals surface area contributed by atoms with Gasteiger partial charge in [-0.25, -0.2) is 4.98 Å². The number of fused-ring (bicyclic) bond motifs is 1. The average Bonchev–Trinajstić information content (AvgIpc) is 3.12. The van der Waals surface area contributed by atoms with E-state index in [4.69, 9.17) is 4.42 Å². The van der Waals surface area contributed by atoms with Gasteiger partial charge in [-0.15, -0.1) is 0 Å². The molecule has 7 nitrogen and oxygen atoms in total. The van der Waals surface area contributed by atoms with E-state index in [0.717, 1.165) is 29.8 Å². The summed E-state index contributed by atoms with van der Waals surface area (Å²) in [6.07, 6.45) is 1.61. The van der Waals surface area contributed by atoms with Gasteiger partial charge in [0.25, 0.3) is 5.69 Å². The summed E-state index contributed by atoms with van der Waals surface area (Å²) in [5.74, 6) is 0.751. The summed E-state index contributed by atoms with van der Waals surface area (Å²) in [5, 5.41) is 11.5. The van der Waals surface area contributed by atoms with Crippen LogP contribution in [0.15, 0.2) is 46.9 Å². The number of aromatic nitrogens is 1. The predicted molar refractivity (Wildman–Crippen MR) is 101 cm³/mol. The normalized spacial score (nSPS) is 15.2. The van der Waals surface area contributed by atoms with Crippen LogP contribution in [0, 0.1) is 10.1 Å². The molecule has 2 heterocycles. The second kappa shape index (κ2) is 6.83. The molecule has 0 aliphatic carbocycles. The van der Waals surface area contributed by atoms with Crippen molar-refractivity contribution in [1.82, 2.24) is 4.98 Å². The molecular weight excluding hydrogens is 346 g/mol. The highest BCUT2D eigenvalue weighted by Gasteiger charge is 2.28. The Morgan fingerprint density at radius 1 is 1.22 bits per heavy atom. The first-order valence-corrected chi connectivity index (χ1v) is 8.92. The van der Waals surface area contributed by atoms with Gasteiger partial charge in [0.15, 0.2) is 17.3 Å². The van der Waals surface area contributed by atoms with Gasteiger partial charge in [-0.3, -0.25) is 14.9 Å². The van der Waals surface area contributed by atoms with Crippen molar-refractivity contribution in [1.29, 1.82) is 0 Å². The number of nitro benzene ring substituents is 1. The zero-order chi connectivity index (χ0) is 19.0. The third-order valence-electron chi connectivity index (χ3n) is 5.07.